The molecule has 0 saturated heterocycles. The van der Waals surface area contributed by atoms with Gasteiger partial charge in [-0.3, -0.25) is 9.89 Å². The number of carbonyl (C=O) groups is 1. The highest BCUT2D eigenvalue weighted by Crippen LogP contribution is 2.43. The van der Waals surface area contributed by atoms with Crippen LogP contribution in [0, 0.1) is 0 Å². The van der Waals surface area contributed by atoms with E-state index in [1.807, 2.05) is 77.7 Å². The lowest BCUT2D eigenvalue weighted by molar-refractivity contribution is 0.0744. The quantitative estimate of drug-likeness (QED) is 0.420. The lowest BCUT2D eigenvalue weighted by atomic mass is 9.96. The Morgan fingerprint density at radius 2 is 1.62 bits per heavy atom. The molecule has 32 heavy (non-hydrogen) atoms. The van der Waals surface area contributed by atoms with E-state index in [4.69, 9.17) is 4.74 Å². The van der Waals surface area contributed by atoms with Crippen molar-refractivity contribution >= 4 is 5.91 Å². The average molecular weight is 424 g/mol. The van der Waals surface area contributed by atoms with Crippen molar-refractivity contribution < 1.29 is 9.53 Å². The normalized spacial score (nSPS) is 15.1. The van der Waals surface area contributed by atoms with Gasteiger partial charge in [0.05, 0.1) is 11.7 Å². The average Bonchev–Trinajstić information content (AvgIpc) is 3.39. The van der Waals surface area contributed by atoms with Gasteiger partial charge in [0.2, 0.25) is 0 Å². The Morgan fingerprint density at radius 1 is 0.938 bits per heavy atom. The number of aromatic nitrogens is 2. The molecule has 1 aliphatic heterocycles. The molecule has 2 heterocycles. The number of fused-ring (bicyclic) bond motifs is 1. The van der Waals surface area contributed by atoms with E-state index < -0.39 is 0 Å². The van der Waals surface area contributed by atoms with Gasteiger partial charge in [-0.05, 0) is 29.7 Å². The summed E-state index contributed by atoms with van der Waals surface area (Å²) in [5.41, 5.74) is 5.56. The molecule has 0 spiro atoms. The summed E-state index contributed by atoms with van der Waals surface area (Å²) in [5.74, 6) is 0.811. The van der Waals surface area contributed by atoms with Gasteiger partial charge < -0.3 is 9.64 Å². The smallest absolute Gasteiger partial charge is 0.273 e. The lowest BCUT2D eigenvalue weighted by Crippen LogP contribution is -2.30. The maximum absolute atomic E-state index is 13.2. The third kappa shape index (κ3) is 3.66. The predicted octanol–water partition coefficient (Wildman–Crippen LogP) is 5.61. The molecule has 3 aromatic carbocycles. The molecule has 0 bridgehead atoms. The first-order chi connectivity index (χ1) is 15.8. The Hall–Kier alpha value is -3.86. The first-order valence-electron chi connectivity index (χ1n) is 11.0. The second-order valence-corrected chi connectivity index (χ2v) is 7.97. The Bertz CT molecular complexity index is 1200. The van der Waals surface area contributed by atoms with Crippen molar-refractivity contribution in [2.24, 2.45) is 0 Å². The van der Waals surface area contributed by atoms with E-state index in [1.54, 1.807) is 0 Å². The first-order valence-corrected chi connectivity index (χ1v) is 11.0. The van der Waals surface area contributed by atoms with Crippen molar-refractivity contribution in [2.75, 3.05) is 6.54 Å². The maximum Gasteiger partial charge on any atom is 0.273 e. The van der Waals surface area contributed by atoms with Gasteiger partial charge >= 0.3 is 0 Å². The largest absolute Gasteiger partial charge is 0.489 e. The molecule has 0 saturated carbocycles. The number of nitrogens with one attached hydrogen (secondary N) is 1. The van der Waals surface area contributed by atoms with Crippen molar-refractivity contribution in [3.63, 3.8) is 0 Å². The Kier molecular flexibility index (Phi) is 5.46. The molecule has 1 aromatic heterocycles. The lowest BCUT2D eigenvalue weighted by Gasteiger charge is -2.26. The van der Waals surface area contributed by atoms with Crippen LogP contribution in [-0.4, -0.2) is 27.5 Å². The van der Waals surface area contributed by atoms with E-state index in [0.29, 0.717) is 18.8 Å². The van der Waals surface area contributed by atoms with Crippen molar-refractivity contribution in [3.05, 3.63) is 107 Å². The third-order valence-corrected chi connectivity index (χ3v) is 5.82. The van der Waals surface area contributed by atoms with E-state index >= 15 is 0 Å². The Balaban J connectivity index is 1.47. The summed E-state index contributed by atoms with van der Waals surface area (Å²) in [6, 6.07) is 28.0. The molecule has 4 aromatic rings. The SMILES string of the molecule is CCCN1C(=O)c2[nH]nc(-c3ccccc3)c2C1c1ccc(OCc2ccccc2)cc1. The third-order valence-electron chi connectivity index (χ3n) is 5.82. The van der Waals surface area contributed by atoms with Crippen LogP contribution in [0.3, 0.4) is 0 Å². The summed E-state index contributed by atoms with van der Waals surface area (Å²) in [6.07, 6.45) is 0.888. The molecule has 0 aliphatic carbocycles. The molecule has 1 amide bonds. The van der Waals surface area contributed by atoms with Gasteiger partial charge in [-0.1, -0.05) is 79.7 Å². The number of H-pyrrole nitrogens is 1. The minimum Gasteiger partial charge on any atom is -0.489 e. The zero-order valence-corrected chi connectivity index (χ0v) is 18.0. The van der Waals surface area contributed by atoms with E-state index in [1.165, 1.54) is 0 Å². The number of aromatic amines is 1. The van der Waals surface area contributed by atoms with Crippen LogP contribution in [-0.2, 0) is 6.61 Å². The van der Waals surface area contributed by atoms with Crippen molar-refractivity contribution in [1.29, 1.82) is 0 Å². The van der Waals surface area contributed by atoms with Crippen LogP contribution < -0.4 is 4.74 Å². The topological polar surface area (TPSA) is 58.2 Å². The van der Waals surface area contributed by atoms with Gasteiger partial charge in [-0.2, -0.15) is 5.10 Å². The molecule has 1 aliphatic rings. The van der Waals surface area contributed by atoms with Crippen LogP contribution in [0.15, 0.2) is 84.9 Å². The number of nitrogens with zero attached hydrogens (tertiary/aromatic N) is 2. The van der Waals surface area contributed by atoms with Crippen LogP contribution in [0.1, 0.15) is 46.6 Å². The zero-order valence-electron chi connectivity index (χ0n) is 18.0. The van der Waals surface area contributed by atoms with Crippen LogP contribution in [0.25, 0.3) is 11.3 Å². The number of amides is 1. The molecular formula is C27H25N3O2. The van der Waals surface area contributed by atoms with E-state index in [2.05, 4.69) is 29.3 Å². The highest BCUT2D eigenvalue weighted by Gasteiger charge is 2.41. The monoisotopic (exact) mass is 423 g/mol. The molecule has 0 radical (unpaired) electrons. The van der Waals surface area contributed by atoms with Gasteiger partial charge in [0.1, 0.15) is 18.1 Å². The summed E-state index contributed by atoms with van der Waals surface area (Å²) in [6.45, 7) is 3.30. The van der Waals surface area contributed by atoms with Crippen LogP contribution >= 0.6 is 0 Å². The molecule has 5 heteroatoms. The number of benzene rings is 3. The molecule has 5 rings (SSSR count). The fraction of sp³-hybridized carbons (Fsp3) is 0.185. The van der Waals surface area contributed by atoms with E-state index in [-0.39, 0.29) is 11.9 Å². The summed E-state index contributed by atoms with van der Waals surface area (Å²) in [4.78, 5) is 15.1. The fourth-order valence-corrected chi connectivity index (χ4v) is 4.32. The van der Waals surface area contributed by atoms with Gasteiger partial charge in [-0.15, -0.1) is 0 Å². The standard InChI is InChI=1S/C27H25N3O2/c1-2-17-30-26(21-13-15-22(16-14-21)32-18-19-9-5-3-6-10-19)23-24(20-11-7-4-8-12-20)28-29-25(23)27(30)31/h3-16,26H,2,17-18H2,1H3,(H,28,29). The number of carbonyl (C=O) groups excluding carboxylic acids is 1. The molecule has 1 unspecified atom stereocenters. The molecule has 5 nitrogen and oxygen atoms in total. The number of hydrogen-bond acceptors (Lipinski definition) is 3. The van der Waals surface area contributed by atoms with E-state index in [9.17, 15) is 4.79 Å². The second-order valence-electron chi connectivity index (χ2n) is 7.97. The second kappa shape index (κ2) is 8.71. The minimum absolute atomic E-state index is 0.00550. The summed E-state index contributed by atoms with van der Waals surface area (Å²) >= 11 is 0. The molecular weight excluding hydrogens is 398 g/mol. The van der Waals surface area contributed by atoms with Gasteiger partial charge in [0.25, 0.3) is 5.91 Å². The highest BCUT2D eigenvalue weighted by molar-refractivity contribution is 6.00. The fourth-order valence-electron chi connectivity index (χ4n) is 4.32. The van der Waals surface area contributed by atoms with E-state index in [0.717, 1.165) is 40.1 Å². The van der Waals surface area contributed by atoms with Gasteiger partial charge in [0, 0.05) is 17.7 Å². The minimum atomic E-state index is -0.172. The number of hydrogen-bond donors (Lipinski definition) is 1. The zero-order chi connectivity index (χ0) is 21.9. The van der Waals surface area contributed by atoms with Crippen molar-refractivity contribution in [2.45, 2.75) is 26.0 Å². The van der Waals surface area contributed by atoms with Crippen molar-refractivity contribution in [1.82, 2.24) is 15.1 Å². The van der Waals surface area contributed by atoms with Gasteiger partial charge in [0.15, 0.2) is 0 Å². The highest BCUT2D eigenvalue weighted by atomic mass is 16.5. The molecule has 0 fully saturated rings. The summed E-state index contributed by atoms with van der Waals surface area (Å²) in [7, 11) is 0. The molecule has 1 atom stereocenters. The van der Waals surface area contributed by atoms with Crippen LogP contribution in [0.5, 0.6) is 5.75 Å². The first kappa shape index (κ1) is 20.1. The Morgan fingerprint density at radius 3 is 2.31 bits per heavy atom. The predicted molar refractivity (Wildman–Crippen MR) is 124 cm³/mol. The van der Waals surface area contributed by atoms with Crippen LogP contribution in [0.2, 0.25) is 0 Å². The number of ether oxygens (including phenoxy) is 1. The van der Waals surface area contributed by atoms with Crippen molar-refractivity contribution in [3.8, 4) is 17.0 Å². The maximum atomic E-state index is 13.2. The Labute approximate surface area is 187 Å². The molecule has 1 N–H and O–H groups in total. The van der Waals surface area contributed by atoms with Crippen LogP contribution in [0.4, 0.5) is 0 Å². The number of rotatable bonds is 7. The van der Waals surface area contributed by atoms with Gasteiger partial charge in [-0.25, -0.2) is 0 Å². The summed E-state index contributed by atoms with van der Waals surface area (Å²) in [5, 5.41) is 7.52. The summed E-state index contributed by atoms with van der Waals surface area (Å²) < 4.78 is 5.95. The molecule has 160 valence electrons.